The Balaban J connectivity index is 0.000000166. The SMILES string of the molecule is CC(=O)c1cnn(-c2ccccc2)c1N.CCc1cc2ccccc2c(N)c1O. The topological polar surface area (TPSA) is 107 Å². The van der Waals surface area contributed by atoms with Gasteiger partial charge in [-0.25, -0.2) is 4.68 Å². The molecule has 0 unspecified atom stereocenters. The molecule has 0 saturated heterocycles. The van der Waals surface area contributed by atoms with Crippen molar-refractivity contribution in [1.29, 1.82) is 0 Å². The Morgan fingerprint density at radius 1 is 1.07 bits per heavy atom. The first kappa shape index (κ1) is 19.9. The molecule has 0 spiro atoms. The van der Waals surface area contributed by atoms with E-state index in [1.807, 2.05) is 67.6 Å². The van der Waals surface area contributed by atoms with Crippen molar-refractivity contribution in [2.75, 3.05) is 11.5 Å². The number of aromatic hydroxyl groups is 1. The number of phenols is 1. The zero-order chi connectivity index (χ0) is 21.0. The van der Waals surface area contributed by atoms with Gasteiger partial charge in [-0.2, -0.15) is 5.10 Å². The smallest absolute Gasteiger partial charge is 0.165 e. The van der Waals surface area contributed by atoms with Crippen LogP contribution in [-0.4, -0.2) is 20.7 Å². The second-order valence-corrected chi connectivity index (χ2v) is 6.62. The summed E-state index contributed by atoms with van der Waals surface area (Å²) in [6.07, 6.45) is 2.28. The fraction of sp³-hybridized carbons (Fsp3) is 0.130. The van der Waals surface area contributed by atoms with E-state index in [2.05, 4.69) is 5.10 Å². The summed E-state index contributed by atoms with van der Waals surface area (Å²) in [6.45, 7) is 3.48. The third-order valence-corrected chi connectivity index (χ3v) is 4.71. The number of phenolic OH excluding ortho intramolecular Hbond substituents is 1. The molecule has 0 bridgehead atoms. The summed E-state index contributed by atoms with van der Waals surface area (Å²) in [4.78, 5) is 11.2. The summed E-state index contributed by atoms with van der Waals surface area (Å²) < 4.78 is 1.55. The summed E-state index contributed by atoms with van der Waals surface area (Å²) in [5.74, 6) is 0.537. The van der Waals surface area contributed by atoms with Gasteiger partial charge in [0.15, 0.2) is 5.78 Å². The average molecular weight is 388 g/mol. The first-order chi connectivity index (χ1) is 13.9. The van der Waals surface area contributed by atoms with Crippen LogP contribution in [0.2, 0.25) is 0 Å². The summed E-state index contributed by atoms with van der Waals surface area (Å²) in [5, 5.41) is 15.9. The van der Waals surface area contributed by atoms with Crippen molar-refractivity contribution < 1.29 is 9.90 Å². The van der Waals surface area contributed by atoms with Crippen molar-refractivity contribution in [1.82, 2.24) is 9.78 Å². The molecule has 0 atom stereocenters. The molecule has 0 aliphatic heterocycles. The van der Waals surface area contributed by atoms with E-state index in [0.29, 0.717) is 17.1 Å². The predicted octanol–water partition coefficient (Wildman–Crippen LogP) is 4.35. The first-order valence-corrected chi connectivity index (χ1v) is 9.33. The largest absolute Gasteiger partial charge is 0.505 e. The van der Waals surface area contributed by atoms with Crippen LogP contribution in [0.5, 0.6) is 5.75 Å². The normalized spacial score (nSPS) is 10.4. The van der Waals surface area contributed by atoms with E-state index in [-0.39, 0.29) is 11.5 Å². The van der Waals surface area contributed by atoms with Crippen LogP contribution >= 0.6 is 0 Å². The van der Waals surface area contributed by atoms with E-state index >= 15 is 0 Å². The molecule has 5 N–H and O–H groups in total. The highest BCUT2D eigenvalue weighted by Crippen LogP contribution is 2.33. The lowest BCUT2D eigenvalue weighted by Crippen LogP contribution is -2.04. The Kier molecular flexibility index (Phi) is 5.83. The molecule has 0 amide bonds. The van der Waals surface area contributed by atoms with Crippen molar-refractivity contribution in [2.24, 2.45) is 0 Å². The minimum atomic E-state index is -0.0744. The van der Waals surface area contributed by atoms with Gasteiger partial charge in [0, 0.05) is 5.39 Å². The maximum absolute atomic E-state index is 11.2. The number of hydrogen-bond donors (Lipinski definition) is 3. The number of hydrogen-bond acceptors (Lipinski definition) is 5. The van der Waals surface area contributed by atoms with Gasteiger partial charge in [0.2, 0.25) is 0 Å². The van der Waals surface area contributed by atoms with E-state index < -0.39 is 0 Å². The van der Waals surface area contributed by atoms with Crippen LogP contribution in [0.1, 0.15) is 29.8 Å². The lowest BCUT2D eigenvalue weighted by atomic mass is 10.0. The highest BCUT2D eigenvalue weighted by molar-refractivity contribution is 5.98. The Labute approximate surface area is 169 Å². The number of carbonyl (C=O) groups excluding carboxylic acids is 1. The van der Waals surface area contributed by atoms with E-state index in [0.717, 1.165) is 28.4 Å². The molecule has 4 rings (SSSR count). The zero-order valence-electron chi connectivity index (χ0n) is 16.5. The first-order valence-electron chi connectivity index (χ1n) is 9.33. The van der Waals surface area contributed by atoms with Gasteiger partial charge in [-0.05, 0) is 42.5 Å². The molecule has 29 heavy (non-hydrogen) atoms. The van der Waals surface area contributed by atoms with Crippen LogP contribution in [0.4, 0.5) is 11.5 Å². The third-order valence-electron chi connectivity index (χ3n) is 4.71. The highest BCUT2D eigenvalue weighted by Gasteiger charge is 2.11. The van der Waals surface area contributed by atoms with E-state index in [1.54, 1.807) is 4.68 Å². The van der Waals surface area contributed by atoms with Crippen LogP contribution < -0.4 is 11.5 Å². The minimum Gasteiger partial charge on any atom is -0.505 e. The zero-order valence-corrected chi connectivity index (χ0v) is 16.5. The number of anilines is 2. The number of nitrogens with zero attached hydrogens (tertiary/aromatic N) is 2. The van der Waals surface area contributed by atoms with Gasteiger partial charge in [-0.15, -0.1) is 0 Å². The van der Waals surface area contributed by atoms with E-state index in [9.17, 15) is 9.90 Å². The second-order valence-electron chi connectivity index (χ2n) is 6.62. The maximum Gasteiger partial charge on any atom is 0.165 e. The number of ketones is 1. The van der Waals surface area contributed by atoms with Crippen molar-refractivity contribution >= 4 is 28.1 Å². The maximum atomic E-state index is 11.2. The van der Waals surface area contributed by atoms with Crippen molar-refractivity contribution in [3.8, 4) is 11.4 Å². The van der Waals surface area contributed by atoms with Gasteiger partial charge >= 0.3 is 0 Å². The van der Waals surface area contributed by atoms with Gasteiger partial charge in [-0.1, -0.05) is 49.4 Å². The molecule has 0 aliphatic carbocycles. The summed E-state index contributed by atoms with van der Waals surface area (Å²) in [6, 6.07) is 19.3. The monoisotopic (exact) mass is 388 g/mol. The molecule has 1 heterocycles. The number of carbonyl (C=O) groups is 1. The lowest BCUT2D eigenvalue weighted by Gasteiger charge is -2.08. The van der Waals surface area contributed by atoms with E-state index in [4.69, 9.17) is 11.5 Å². The van der Waals surface area contributed by atoms with Gasteiger partial charge in [-0.3, -0.25) is 4.79 Å². The van der Waals surface area contributed by atoms with Crippen LogP contribution in [0.15, 0.2) is 66.9 Å². The number of nitrogen functional groups attached to an aromatic ring is 2. The van der Waals surface area contributed by atoms with Crippen LogP contribution in [0.3, 0.4) is 0 Å². The number of rotatable bonds is 3. The third kappa shape index (κ3) is 4.06. The van der Waals surface area contributed by atoms with E-state index in [1.165, 1.54) is 13.1 Å². The molecule has 0 fully saturated rings. The summed E-state index contributed by atoms with van der Waals surface area (Å²) in [5.41, 5.74) is 14.4. The quantitative estimate of drug-likeness (QED) is 0.275. The number of aryl methyl sites for hydroxylation is 1. The van der Waals surface area contributed by atoms with Crippen LogP contribution in [-0.2, 0) is 6.42 Å². The van der Waals surface area contributed by atoms with Crippen molar-refractivity contribution in [3.05, 3.63) is 78.0 Å². The average Bonchev–Trinajstić information content (AvgIpc) is 3.13. The molecule has 0 saturated carbocycles. The summed E-state index contributed by atoms with van der Waals surface area (Å²) >= 11 is 0. The van der Waals surface area contributed by atoms with Crippen molar-refractivity contribution in [3.63, 3.8) is 0 Å². The molecule has 1 aromatic heterocycles. The molecule has 3 aromatic carbocycles. The van der Waals surface area contributed by atoms with Crippen molar-refractivity contribution in [2.45, 2.75) is 20.3 Å². The van der Waals surface area contributed by atoms with Gasteiger partial charge < -0.3 is 16.6 Å². The number of fused-ring (bicyclic) bond motifs is 1. The minimum absolute atomic E-state index is 0.0744. The number of Topliss-reactive ketones (excluding diaryl/α,β-unsaturated/α-hetero) is 1. The Morgan fingerprint density at radius 2 is 1.72 bits per heavy atom. The number of benzene rings is 3. The predicted molar refractivity (Wildman–Crippen MR) is 117 cm³/mol. The fourth-order valence-electron chi connectivity index (χ4n) is 3.10. The second kappa shape index (κ2) is 8.48. The molecular formula is C23H24N4O2. The van der Waals surface area contributed by atoms with Gasteiger partial charge in [0.1, 0.15) is 11.6 Å². The molecule has 6 nitrogen and oxygen atoms in total. The Bertz CT molecular complexity index is 1150. The molecular weight excluding hydrogens is 364 g/mol. The molecule has 148 valence electrons. The Morgan fingerprint density at radius 3 is 2.34 bits per heavy atom. The number of aromatic nitrogens is 2. The van der Waals surface area contributed by atoms with Gasteiger partial charge in [0.25, 0.3) is 0 Å². The molecule has 0 radical (unpaired) electrons. The number of nitrogens with two attached hydrogens (primary N) is 2. The number of para-hydroxylation sites is 1. The van der Waals surface area contributed by atoms with Crippen LogP contribution in [0, 0.1) is 0 Å². The molecule has 0 aliphatic rings. The molecule has 4 aromatic rings. The standard InChI is InChI=1S/C12H13NO.C11H11N3O/c1-2-8-7-9-5-3-4-6-10(9)11(13)12(8)14;1-8(15)10-7-13-14(11(10)12)9-5-3-2-4-6-9/h3-7,14H,2,13H2,1H3;2-7H,12H2,1H3. The van der Waals surface area contributed by atoms with Gasteiger partial charge in [0.05, 0.1) is 23.1 Å². The fourth-order valence-corrected chi connectivity index (χ4v) is 3.10. The molecule has 6 heteroatoms. The summed E-state index contributed by atoms with van der Waals surface area (Å²) in [7, 11) is 0. The van der Waals surface area contributed by atoms with Crippen LogP contribution in [0.25, 0.3) is 16.5 Å². The highest BCUT2D eigenvalue weighted by atomic mass is 16.3. The Hall–Kier alpha value is -3.80. The lowest BCUT2D eigenvalue weighted by molar-refractivity contribution is 0.101.